The van der Waals surface area contributed by atoms with Crippen LogP contribution in [0.15, 0.2) is 12.1 Å². The number of rotatable bonds is 1. The van der Waals surface area contributed by atoms with E-state index < -0.39 is 19.8 Å². The molecule has 2 aromatic rings. The highest BCUT2D eigenvalue weighted by Gasteiger charge is 2.32. The predicted octanol–water partition coefficient (Wildman–Crippen LogP) is 5.32. The number of nitrogens with two attached hydrogens (primary N) is 1. The van der Waals surface area contributed by atoms with E-state index in [0.29, 0.717) is 11.3 Å². The summed E-state index contributed by atoms with van der Waals surface area (Å²) >= 11 is 12.1. The molecule has 1 heterocycles. The summed E-state index contributed by atoms with van der Waals surface area (Å²) in [5.41, 5.74) is 9.52. The first kappa shape index (κ1) is 19.7. The Hall–Kier alpha value is -1.62. The normalized spacial score (nSPS) is 12.0. The molecule has 25 heavy (non-hydrogen) atoms. The summed E-state index contributed by atoms with van der Waals surface area (Å²) in [6.07, 6.45) is -4.55. The van der Waals surface area contributed by atoms with Crippen LogP contribution in [0.4, 0.5) is 19.0 Å². The number of hydrogen-bond donors (Lipinski definition) is 1. The van der Waals surface area contributed by atoms with Crippen molar-refractivity contribution in [2.75, 3.05) is 5.73 Å². The number of nitrogens with zero attached hydrogens (tertiary/aromatic N) is 2. The van der Waals surface area contributed by atoms with E-state index in [1.54, 1.807) is 6.92 Å². The fourth-order valence-corrected chi connectivity index (χ4v) is 3.20. The topological polar surface area (TPSA) is 43.8 Å². The lowest BCUT2D eigenvalue weighted by Crippen LogP contribution is -2.16. The summed E-state index contributed by atoms with van der Waals surface area (Å²) in [6, 6.07) is 1.60. The van der Waals surface area contributed by atoms with Gasteiger partial charge in [0.2, 0.25) is 0 Å². The molecule has 0 saturated heterocycles. The van der Waals surface area contributed by atoms with Gasteiger partial charge in [-0.3, -0.25) is 0 Å². The third-order valence-electron chi connectivity index (χ3n) is 3.21. The zero-order valence-electron chi connectivity index (χ0n) is 14.0. The molecule has 0 aliphatic heterocycles. The summed E-state index contributed by atoms with van der Waals surface area (Å²) in [4.78, 5) is 0. The average molecular weight is 406 g/mol. The Bertz CT molecular complexity index is 864. The first-order valence-corrected chi connectivity index (χ1v) is 11.5. The fourth-order valence-electron chi connectivity index (χ4n) is 2.05. The van der Waals surface area contributed by atoms with Crippen molar-refractivity contribution in [3.05, 3.63) is 39.0 Å². The number of anilines is 1. The molecular weight excluding hydrogens is 390 g/mol. The molecule has 1 aromatic heterocycles. The molecule has 1 aromatic carbocycles. The molecule has 0 aliphatic rings. The third kappa shape index (κ3) is 4.32. The fraction of sp³-hybridized carbons (Fsp3) is 0.312. The molecule has 0 spiro atoms. The summed E-state index contributed by atoms with van der Waals surface area (Å²) in [5, 5.41) is 3.86. The molecule has 0 bridgehead atoms. The maximum atomic E-state index is 12.9. The highest BCUT2D eigenvalue weighted by molar-refractivity contribution is 6.83. The maximum Gasteiger partial charge on any atom is 0.416 e. The van der Waals surface area contributed by atoms with Crippen LogP contribution in [0.3, 0.4) is 0 Å². The highest BCUT2D eigenvalue weighted by atomic mass is 35.5. The van der Waals surface area contributed by atoms with Crippen LogP contribution in [0, 0.1) is 18.4 Å². The molecule has 2 N–H and O–H groups in total. The monoisotopic (exact) mass is 405 g/mol. The maximum absolute atomic E-state index is 12.9. The number of nitrogen functional groups attached to an aromatic ring is 1. The van der Waals surface area contributed by atoms with Gasteiger partial charge in [-0.2, -0.15) is 18.3 Å². The van der Waals surface area contributed by atoms with Crippen LogP contribution in [0.1, 0.15) is 16.8 Å². The second-order valence-electron chi connectivity index (χ2n) is 6.54. The van der Waals surface area contributed by atoms with E-state index in [1.165, 1.54) is 4.68 Å². The van der Waals surface area contributed by atoms with E-state index in [9.17, 15) is 13.2 Å². The molecule has 0 amide bonds. The molecule has 0 radical (unpaired) electrons. The Balaban J connectivity index is 2.63. The Morgan fingerprint density at radius 3 is 2.12 bits per heavy atom. The van der Waals surface area contributed by atoms with Gasteiger partial charge in [0.15, 0.2) is 0 Å². The van der Waals surface area contributed by atoms with E-state index in [4.69, 9.17) is 28.9 Å². The predicted molar refractivity (Wildman–Crippen MR) is 98.0 cm³/mol. The standard InChI is InChI=1S/C16H16Cl2F3N3Si/c1-9-11(5-6-25(2,3)4)15(22)24(23-9)14-12(17)7-10(8-13(14)18)16(19,20)21/h7-8H,22H2,1-4H3. The Morgan fingerprint density at radius 1 is 1.16 bits per heavy atom. The molecule has 0 saturated carbocycles. The van der Waals surface area contributed by atoms with Crippen LogP contribution < -0.4 is 5.73 Å². The van der Waals surface area contributed by atoms with Crippen LogP contribution in [0.25, 0.3) is 5.69 Å². The van der Waals surface area contributed by atoms with Gasteiger partial charge in [-0.1, -0.05) is 48.8 Å². The van der Waals surface area contributed by atoms with Crippen LogP contribution >= 0.6 is 23.2 Å². The van der Waals surface area contributed by atoms with Crippen molar-refractivity contribution in [3.63, 3.8) is 0 Å². The van der Waals surface area contributed by atoms with Gasteiger partial charge < -0.3 is 5.73 Å². The van der Waals surface area contributed by atoms with E-state index in [0.717, 1.165) is 12.1 Å². The molecule has 0 aliphatic carbocycles. The minimum absolute atomic E-state index is 0.0954. The minimum Gasteiger partial charge on any atom is -0.383 e. The number of alkyl halides is 3. The number of benzene rings is 1. The second-order valence-corrected chi connectivity index (χ2v) is 12.1. The third-order valence-corrected chi connectivity index (χ3v) is 4.67. The van der Waals surface area contributed by atoms with Crippen LogP contribution in [-0.4, -0.2) is 17.9 Å². The Labute approximate surface area is 154 Å². The molecule has 2 rings (SSSR count). The molecule has 0 unspecified atom stereocenters. The lowest BCUT2D eigenvalue weighted by molar-refractivity contribution is -0.137. The SMILES string of the molecule is Cc1nn(-c2c(Cl)cc(C(F)(F)F)cc2Cl)c(N)c1C#C[Si](C)(C)C. The van der Waals surface area contributed by atoms with Crippen LogP contribution in [0.2, 0.25) is 29.7 Å². The van der Waals surface area contributed by atoms with Crippen molar-refractivity contribution in [1.82, 2.24) is 9.78 Å². The molecule has 0 fully saturated rings. The van der Waals surface area contributed by atoms with Gasteiger partial charge in [0.25, 0.3) is 0 Å². The first-order chi connectivity index (χ1) is 11.3. The average Bonchev–Trinajstić information content (AvgIpc) is 2.69. The van der Waals surface area contributed by atoms with Crippen molar-refractivity contribution in [1.29, 1.82) is 0 Å². The van der Waals surface area contributed by atoms with Gasteiger partial charge in [-0.25, -0.2) is 4.68 Å². The van der Waals surface area contributed by atoms with E-state index in [1.807, 2.05) is 0 Å². The van der Waals surface area contributed by atoms with Crippen LogP contribution in [0.5, 0.6) is 0 Å². The van der Waals surface area contributed by atoms with E-state index in [2.05, 4.69) is 36.2 Å². The number of aromatic nitrogens is 2. The quantitative estimate of drug-likeness (QED) is 0.515. The van der Waals surface area contributed by atoms with Gasteiger partial charge in [-0.15, -0.1) is 5.54 Å². The van der Waals surface area contributed by atoms with Gasteiger partial charge in [0.05, 0.1) is 26.9 Å². The molecular formula is C16H16Cl2F3N3Si. The second kappa shape index (κ2) is 6.59. The van der Waals surface area contributed by atoms with E-state index in [-0.39, 0.29) is 21.6 Å². The first-order valence-electron chi connectivity index (χ1n) is 7.26. The van der Waals surface area contributed by atoms with Gasteiger partial charge in [0.1, 0.15) is 19.6 Å². The number of aryl methyl sites for hydroxylation is 1. The summed E-state index contributed by atoms with van der Waals surface area (Å²) in [5.74, 6) is 3.21. The zero-order valence-corrected chi connectivity index (χ0v) is 16.5. The Morgan fingerprint density at radius 2 is 1.68 bits per heavy atom. The highest BCUT2D eigenvalue weighted by Crippen LogP contribution is 2.38. The largest absolute Gasteiger partial charge is 0.416 e. The van der Waals surface area contributed by atoms with Crippen molar-refractivity contribution >= 4 is 37.1 Å². The molecule has 134 valence electrons. The smallest absolute Gasteiger partial charge is 0.383 e. The molecule has 3 nitrogen and oxygen atoms in total. The van der Waals surface area contributed by atoms with Crippen LogP contribution in [-0.2, 0) is 6.18 Å². The zero-order chi connectivity index (χ0) is 19.2. The van der Waals surface area contributed by atoms with Crippen molar-refractivity contribution in [3.8, 4) is 17.2 Å². The van der Waals surface area contributed by atoms with Crippen molar-refractivity contribution in [2.45, 2.75) is 32.7 Å². The summed E-state index contributed by atoms with van der Waals surface area (Å²) < 4.78 is 39.8. The molecule has 9 heteroatoms. The minimum atomic E-state index is -4.55. The van der Waals surface area contributed by atoms with Gasteiger partial charge >= 0.3 is 6.18 Å². The summed E-state index contributed by atoms with van der Waals surface area (Å²) in [7, 11) is -1.64. The van der Waals surface area contributed by atoms with E-state index >= 15 is 0 Å². The molecule has 0 atom stereocenters. The Kier molecular flexibility index (Phi) is 5.20. The number of halogens is 5. The summed E-state index contributed by atoms with van der Waals surface area (Å²) in [6.45, 7) is 7.96. The van der Waals surface area contributed by atoms with Gasteiger partial charge in [-0.05, 0) is 19.1 Å². The lowest BCUT2D eigenvalue weighted by Gasteiger charge is -2.13. The van der Waals surface area contributed by atoms with Gasteiger partial charge in [0, 0.05) is 0 Å². The number of hydrogen-bond acceptors (Lipinski definition) is 2. The van der Waals surface area contributed by atoms with Crippen molar-refractivity contribution < 1.29 is 13.2 Å². The van der Waals surface area contributed by atoms with Crippen molar-refractivity contribution in [2.24, 2.45) is 0 Å². The lowest BCUT2D eigenvalue weighted by atomic mass is 10.2.